The first-order valence-corrected chi connectivity index (χ1v) is 10.3. The van der Waals surface area contributed by atoms with E-state index in [0.29, 0.717) is 0 Å². The van der Waals surface area contributed by atoms with Crippen molar-refractivity contribution in [3.63, 3.8) is 0 Å². The summed E-state index contributed by atoms with van der Waals surface area (Å²) < 4.78 is 55.4. The second-order valence-corrected chi connectivity index (χ2v) is 9.40. The fourth-order valence-electron chi connectivity index (χ4n) is 2.26. The van der Waals surface area contributed by atoms with Gasteiger partial charge in [0.2, 0.25) is 0 Å². The number of sulfone groups is 2. The molecule has 0 radical (unpaired) electrons. The number of hydrogen-bond acceptors (Lipinski definition) is 7. The summed E-state index contributed by atoms with van der Waals surface area (Å²) >= 11 is 0. The van der Waals surface area contributed by atoms with Crippen LogP contribution in [0, 0.1) is 19.1 Å². The van der Waals surface area contributed by atoms with Gasteiger partial charge in [-0.3, -0.25) is 4.63 Å². The van der Waals surface area contributed by atoms with Gasteiger partial charge >= 0.3 is 10.1 Å². The van der Waals surface area contributed by atoms with Crippen LogP contribution in [0.15, 0.2) is 73.0 Å². The van der Waals surface area contributed by atoms with E-state index >= 15 is 0 Å². The third-order valence-electron chi connectivity index (χ3n) is 3.72. The lowest BCUT2D eigenvalue weighted by Crippen LogP contribution is -2.31. The number of aromatic nitrogens is 2. The summed E-state index contributed by atoms with van der Waals surface area (Å²) in [6, 6.07) is 11.3. The van der Waals surface area contributed by atoms with Crippen molar-refractivity contribution in [2.24, 2.45) is 0 Å². The largest absolute Gasteiger partial charge is 0.358 e. The maximum Gasteiger partial charge on any atom is 0.355 e. The van der Waals surface area contributed by atoms with Gasteiger partial charge in [-0.1, -0.05) is 35.4 Å². The molecular weight excluding hydrogens is 380 g/mol. The molecule has 0 unspecified atom stereocenters. The molecular formula is C16H14N2O6S2. The van der Waals surface area contributed by atoms with Gasteiger partial charge in [0.1, 0.15) is 0 Å². The zero-order valence-corrected chi connectivity index (χ0v) is 15.4. The molecule has 3 aromatic rings. The SMILES string of the molecule is Cc1ccc(S(=O)(=O)c2no[n+]([O-])c2S(=O)(=O)c2ccc(C)cc2)cc1. The highest BCUT2D eigenvalue weighted by Crippen LogP contribution is 2.27. The van der Waals surface area contributed by atoms with Crippen LogP contribution in [0.5, 0.6) is 0 Å². The Morgan fingerprint density at radius 3 is 1.69 bits per heavy atom. The number of benzene rings is 2. The van der Waals surface area contributed by atoms with Crippen LogP contribution in [0.4, 0.5) is 0 Å². The van der Waals surface area contributed by atoms with Gasteiger partial charge in [0.05, 0.1) is 14.9 Å². The van der Waals surface area contributed by atoms with Gasteiger partial charge in [0, 0.05) is 0 Å². The first kappa shape index (κ1) is 18.1. The van der Waals surface area contributed by atoms with E-state index in [2.05, 4.69) is 9.79 Å². The Hall–Kier alpha value is -2.72. The Kier molecular flexibility index (Phi) is 4.32. The van der Waals surface area contributed by atoms with E-state index in [-0.39, 0.29) is 9.79 Å². The predicted octanol–water partition coefficient (Wildman–Crippen LogP) is 1.59. The number of nitrogens with zero attached hydrogens (tertiary/aromatic N) is 2. The van der Waals surface area contributed by atoms with E-state index in [1.54, 1.807) is 26.0 Å². The number of hydrogen-bond donors (Lipinski definition) is 0. The summed E-state index contributed by atoms with van der Waals surface area (Å²) in [5.74, 6) is 0. The molecule has 0 bridgehead atoms. The maximum absolute atomic E-state index is 12.8. The fourth-order valence-corrected chi connectivity index (χ4v) is 5.29. The van der Waals surface area contributed by atoms with E-state index in [0.717, 1.165) is 11.1 Å². The molecule has 0 amide bonds. The summed E-state index contributed by atoms with van der Waals surface area (Å²) in [6.45, 7) is 3.53. The molecule has 1 aromatic heterocycles. The van der Waals surface area contributed by atoms with Crippen molar-refractivity contribution in [2.75, 3.05) is 0 Å². The molecule has 136 valence electrons. The summed E-state index contributed by atoms with van der Waals surface area (Å²) in [6.07, 6.45) is 0. The molecule has 2 aromatic carbocycles. The van der Waals surface area contributed by atoms with Crippen molar-refractivity contribution in [3.8, 4) is 0 Å². The topological polar surface area (TPSA) is 121 Å². The molecule has 10 heteroatoms. The summed E-state index contributed by atoms with van der Waals surface area (Å²) in [5, 5.41) is 13.1. The van der Waals surface area contributed by atoms with E-state index in [1.807, 2.05) is 0 Å². The Labute approximate surface area is 150 Å². The Morgan fingerprint density at radius 2 is 1.23 bits per heavy atom. The highest BCUT2D eigenvalue weighted by Gasteiger charge is 2.42. The zero-order valence-electron chi connectivity index (χ0n) is 13.8. The molecule has 0 saturated carbocycles. The molecule has 0 saturated heterocycles. The van der Waals surface area contributed by atoms with Gasteiger partial charge in [-0.15, -0.1) is 0 Å². The lowest BCUT2D eigenvalue weighted by atomic mass is 10.2. The highest BCUT2D eigenvalue weighted by molar-refractivity contribution is 7.94. The molecule has 1 heterocycles. The molecule has 0 aliphatic rings. The van der Waals surface area contributed by atoms with Gasteiger partial charge in [0.25, 0.3) is 19.7 Å². The van der Waals surface area contributed by atoms with E-state index in [1.165, 1.54) is 36.4 Å². The molecule has 0 spiro atoms. The van der Waals surface area contributed by atoms with Crippen LogP contribution in [0.25, 0.3) is 0 Å². The van der Waals surface area contributed by atoms with Gasteiger partial charge in [-0.2, -0.15) is 0 Å². The Bertz CT molecular complexity index is 1160. The first-order valence-electron chi connectivity index (χ1n) is 7.37. The smallest absolute Gasteiger partial charge is 0.355 e. The highest BCUT2D eigenvalue weighted by atomic mass is 32.2. The minimum absolute atomic E-state index is 0.197. The predicted molar refractivity (Wildman–Crippen MR) is 88.7 cm³/mol. The number of aryl methyl sites for hydroxylation is 2. The average Bonchev–Trinajstić information content (AvgIpc) is 2.99. The molecule has 0 fully saturated rings. The van der Waals surface area contributed by atoms with Crippen LogP contribution in [-0.4, -0.2) is 22.0 Å². The van der Waals surface area contributed by atoms with Gasteiger partial charge < -0.3 is 5.21 Å². The minimum Gasteiger partial charge on any atom is -0.358 e. The summed E-state index contributed by atoms with van der Waals surface area (Å²) in [4.78, 5) is -0.843. The van der Waals surface area contributed by atoms with Crippen molar-refractivity contribution in [1.82, 2.24) is 5.16 Å². The van der Waals surface area contributed by atoms with E-state index in [4.69, 9.17) is 0 Å². The van der Waals surface area contributed by atoms with Crippen LogP contribution < -0.4 is 4.90 Å². The van der Waals surface area contributed by atoms with Crippen molar-refractivity contribution >= 4 is 19.7 Å². The third-order valence-corrected chi connectivity index (χ3v) is 7.26. The van der Waals surface area contributed by atoms with Crippen LogP contribution in [0.3, 0.4) is 0 Å². The van der Waals surface area contributed by atoms with Gasteiger partial charge in [-0.05, 0) is 43.0 Å². The summed E-state index contributed by atoms with van der Waals surface area (Å²) in [5.41, 5.74) is 1.62. The Morgan fingerprint density at radius 1 is 0.808 bits per heavy atom. The molecule has 8 nitrogen and oxygen atoms in total. The molecule has 0 atom stereocenters. The molecule has 0 aliphatic carbocycles. The molecule has 0 N–H and O–H groups in total. The van der Waals surface area contributed by atoms with Crippen molar-refractivity contribution < 1.29 is 26.4 Å². The quantitative estimate of drug-likeness (QED) is 0.616. The monoisotopic (exact) mass is 394 g/mol. The Balaban J connectivity index is 2.21. The molecule has 0 aliphatic heterocycles. The second kappa shape index (κ2) is 6.22. The van der Waals surface area contributed by atoms with Gasteiger partial charge in [0.15, 0.2) is 0 Å². The average molecular weight is 394 g/mol. The van der Waals surface area contributed by atoms with Crippen LogP contribution in [0.2, 0.25) is 0 Å². The number of rotatable bonds is 4. The van der Waals surface area contributed by atoms with Crippen molar-refractivity contribution in [3.05, 3.63) is 64.9 Å². The zero-order chi connectivity index (χ0) is 19.1. The summed E-state index contributed by atoms with van der Waals surface area (Å²) in [7, 11) is -8.83. The van der Waals surface area contributed by atoms with E-state index < -0.39 is 34.6 Å². The standard InChI is InChI=1S/C16H14N2O6S2/c1-11-3-7-13(8-4-11)25(20,21)15-16(18(19)24-17-15)26(22,23)14-9-5-12(2)6-10-14/h3-10H,1-2H3. The normalized spacial score (nSPS) is 12.2. The minimum atomic E-state index is -4.46. The first-order chi connectivity index (χ1) is 12.1. The third kappa shape index (κ3) is 2.97. The van der Waals surface area contributed by atoms with Crippen molar-refractivity contribution in [2.45, 2.75) is 33.7 Å². The lowest BCUT2D eigenvalue weighted by Gasteiger charge is -2.04. The fraction of sp³-hybridized carbons (Fsp3) is 0.125. The van der Waals surface area contributed by atoms with E-state index in [9.17, 15) is 22.0 Å². The molecule has 26 heavy (non-hydrogen) atoms. The van der Waals surface area contributed by atoms with Crippen LogP contribution in [0.1, 0.15) is 11.1 Å². The van der Waals surface area contributed by atoms with Crippen molar-refractivity contribution in [1.29, 1.82) is 0 Å². The maximum atomic E-state index is 12.8. The van der Waals surface area contributed by atoms with Gasteiger partial charge in [-0.25, -0.2) is 16.8 Å². The van der Waals surface area contributed by atoms with Crippen LogP contribution >= 0.6 is 0 Å². The second-order valence-electron chi connectivity index (χ2n) is 5.67. The molecule has 3 rings (SSSR count). The van der Waals surface area contributed by atoms with Crippen LogP contribution in [-0.2, 0) is 19.7 Å². The lowest BCUT2D eigenvalue weighted by molar-refractivity contribution is -0.832.